The van der Waals surface area contributed by atoms with E-state index in [1.807, 2.05) is 5.48 Å². The Morgan fingerprint density at radius 3 is 2.64 bits per heavy atom. The van der Waals surface area contributed by atoms with E-state index in [1.165, 1.54) is 13.2 Å². The highest BCUT2D eigenvalue weighted by Crippen LogP contribution is 2.40. The first-order chi connectivity index (χ1) is 10.2. The third kappa shape index (κ3) is 3.41. The van der Waals surface area contributed by atoms with E-state index in [-0.39, 0.29) is 6.10 Å². The van der Waals surface area contributed by atoms with Gasteiger partial charge in [-0.3, -0.25) is 9.63 Å². The number of aryl methyl sites for hydroxylation is 1. The number of hydroxylamine groups is 1. The zero-order valence-electron chi connectivity index (χ0n) is 12.1. The predicted molar refractivity (Wildman–Crippen MR) is 69.3 cm³/mol. The van der Waals surface area contributed by atoms with E-state index >= 15 is 0 Å². The molecule has 1 atom stereocenters. The maximum Gasteiger partial charge on any atom is 0.425 e. The third-order valence-corrected chi connectivity index (χ3v) is 3.72. The van der Waals surface area contributed by atoms with Gasteiger partial charge in [0.2, 0.25) is 11.5 Å². The average molecular weight is 321 g/mol. The SMILES string of the molecule is Cn1ccnc1C(O)(CC(=O)NOC1CCCC1)C(F)(F)F. The maximum atomic E-state index is 13.2. The first-order valence-electron chi connectivity index (χ1n) is 6.95. The summed E-state index contributed by atoms with van der Waals surface area (Å²) in [5.74, 6) is -1.69. The van der Waals surface area contributed by atoms with Gasteiger partial charge in [-0.2, -0.15) is 13.2 Å². The number of imidazole rings is 1. The lowest BCUT2D eigenvalue weighted by molar-refractivity contribution is -0.272. The third-order valence-electron chi connectivity index (χ3n) is 3.72. The number of carbonyl (C=O) groups is 1. The Balaban J connectivity index is 2.07. The lowest BCUT2D eigenvalue weighted by Gasteiger charge is -2.29. The van der Waals surface area contributed by atoms with E-state index in [0.29, 0.717) is 0 Å². The van der Waals surface area contributed by atoms with Crippen molar-refractivity contribution >= 4 is 5.91 Å². The molecular weight excluding hydrogens is 303 g/mol. The summed E-state index contributed by atoms with van der Waals surface area (Å²) in [6.45, 7) is 0. The largest absolute Gasteiger partial charge is 0.425 e. The van der Waals surface area contributed by atoms with E-state index in [9.17, 15) is 23.1 Å². The van der Waals surface area contributed by atoms with Gasteiger partial charge >= 0.3 is 6.18 Å². The van der Waals surface area contributed by atoms with Crippen LogP contribution >= 0.6 is 0 Å². The van der Waals surface area contributed by atoms with Crippen LogP contribution in [0.15, 0.2) is 12.4 Å². The Bertz CT molecular complexity index is 526. The fourth-order valence-corrected chi connectivity index (χ4v) is 2.49. The molecule has 0 radical (unpaired) electrons. The number of aliphatic hydroxyl groups is 1. The molecule has 1 amide bonds. The van der Waals surface area contributed by atoms with Gasteiger partial charge in [0, 0.05) is 19.4 Å². The van der Waals surface area contributed by atoms with Crippen molar-refractivity contribution in [3.8, 4) is 0 Å². The molecule has 1 aromatic heterocycles. The van der Waals surface area contributed by atoms with Crippen molar-refractivity contribution in [2.24, 2.45) is 7.05 Å². The average Bonchev–Trinajstić information content (AvgIpc) is 3.06. The molecule has 0 aromatic carbocycles. The number of nitrogens with one attached hydrogen (secondary N) is 1. The summed E-state index contributed by atoms with van der Waals surface area (Å²) in [6.07, 6.45) is -0.633. The highest BCUT2D eigenvalue weighted by Gasteiger charge is 2.58. The number of hydrogen-bond acceptors (Lipinski definition) is 4. The summed E-state index contributed by atoms with van der Waals surface area (Å²) in [7, 11) is 1.31. The Morgan fingerprint density at radius 1 is 1.50 bits per heavy atom. The molecule has 22 heavy (non-hydrogen) atoms. The standard InChI is InChI=1S/C13H18F3N3O3/c1-19-7-6-17-11(19)12(21,13(14,15)16)8-10(20)18-22-9-4-2-3-5-9/h6-7,9,21H,2-5,8H2,1H3,(H,18,20). The second-order valence-corrected chi connectivity index (χ2v) is 5.45. The van der Waals surface area contributed by atoms with Crippen LogP contribution in [0.3, 0.4) is 0 Å². The predicted octanol–water partition coefficient (Wildman–Crippen LogP) is 1.55. The second-order valence-electron chi connectivity index (χ2n) is 5.45. The van der Waals surface area contributed by atoms with Crippen molar-refractivity contribution in [3.63, 3.8) is 0 Å². The van der Waals surface area contributed by atoms with Crippen LogP contribution in [0.5, 0.6) is 0 Å². The number of aromatic nitrogens is 2. The van der Waals surface area contributed by atoms with Crippen molar-refractivity contribution in [3.05, 3.63) is 18.2 Å². The second kappa shape index (κ2) is 6.25. The first kappa shape index (κ1) is 16.8. The molecule has 1 aromatic rings. The van der Waals surface area contributed by atoms with Crippen molar-refractivity contribution in [1.82, 2.24) is 15.0 Å². The molecule has 1 unspecified atom stereocenters. The van der Waals surface area contributed by atoms with Crippen molar-refractivity contribution < 1.29 is 27.9 Å². The van der Waals surface area contributed by atoms with Crippen LogP contribution in [-0.4, -0.2) is 32.8 Å². The van der Waals surface area contributed by atoms with Crippen molar-refractivity contribution in [2.75, 3.05) is 0 Å². The van der Waals surface area contributed by atoms with Gasteiger partial charge in [-0.15, -0.1) is 0 Å². The minimum Gasteiger partial charge on any atom is -0.374 e. The molecular formula is C13H18F3N3O3. The van der Waals surface area contributed by atoms with Gasteiger partial charge in [0.25, 0.3) is 0 Å². The summed E-state index contributed by atoms with van der Waals surface area (Å²) in [5, 5.41) is 10.0. The summed E-state index contributed by atoms with van der Waals surface area (Å²) in [6, 6.07) is 0. The number of amides is 1. The fraction of sp³-hybridized carbons (Fsp3) is 0.692. The molecule has 124 valence electrons. The fourth-order valence-electron chi connectivity index (χ4n) is 2.49. The number of halogens is 3. The maximum absolute atomic E-state index is 13.2. The van der Waals surface area contributed by atoms with E-state index < -0.39 is 29.9 Å². The minimum absolute atomic E-state index is 0.184. The molecule has 0 saturated heterocycles. The molecule has 1 saturated carbocycles. The molecule has 1 fully saturated rings. The topological polar surface area (TPSA) is 76.4 Å². The number of hydrogen-bond donors (Lipinski definition) is 2. The van der Waals surface area contributed by atoms with Crippen LogP contribution in [0.4, 0.5) is 13.2 Å². The molecule has 9 heteroatoms. The quantitative estimate of drug-likeness (QED) is 0.807. The monoisotopic (exact) mass is 321 g/mol. The van der Waals surface area contributed by atoms with E-state index in [2.05, 4.69) is 4.98 Å². The smallest absolute Gasteiger partial charge is 0.374 e. The Morgan fingerprint density at radius 2 is 2.14 bits per heavy atom. The van der Waals surface area contributed by atoms with E-state index in [4.69, 9.17) is 4.84 Å². The van der Waals surface area contributed by atoms with Crippen molar-refractivity contribution in [1.29, 1.82) is 0 Å². The van der Waals surface area contributed by atoms with Gasteiger partial charge in [-0.05, 0) is 12.8 Å². The van der Waals surface area contributed by atoms with Crippen LogP contribution in [0.1, 0.15) is 37.9 Å². The lowest BCUT2D eigenvalue weighted by atomic mass is 9.97. The normalized spacial score (nSPS) is 19.1. The molecule has 1 aliphatic carbocycles. The van der Waals surface area contributed by atoms with Gasteiger partial charge in [0.1, 0.15) is 0 Å². The summed E-state index contributed by atoms with van der Waals surface area (Å²) in [5.41, 5.74) is -1.37. The Labute approximate surface area is 125 Å². The lowest BCUT2D eigenvalue weighted by Crippen LogP contribution is -2.48. The van der Waals surface area contributed by atoms with Crippen LogP contribution in [0.25, 0.3) is 0 Å². The number of carbonyl (C=O) groups excluding carboxylic acids is 1. The molecule has 0 aliphatic heterocycles. The number of rotatable bonds is 5. The van der Waals surface area contributed by atoms with Crippen molar-refractivity contribution in [2.45, 2.75) is 50.0 Å². The Hall–Kier alpha value is -1.61. The van der Waals surface area contributed by atoms with Gasteiger partial charge in [-0.1, -0.05) is 12.8 Å². The summed E-state index contributed by atoms with van der Waals surface area (Å²) >= 11 is 0. The molecule has 0 spiro atoms. The van der Waals surface area contributed by atoms with Crippen LogP contribution in [0.2, 0.25) is 0 Å². The van der Waals surface area contributed by atoms with Crippen LogP contribution < -0.4 is 5.48 Å². The molecule has 2 N–H and O–H groups in total. The highest BCUT2D eigenvalue weighted by molar-refractivity contribution is 5.76. The van der Waals surface area contributed by atoms with Crippen LogP contribution in [0, 0.1) is 0 Å². The van der Waals surface area contributed by atoms with E-state index in [1.54, 1.807) is 0 Å². The molecule has 2 rings (SSSR count). The Kier molecular flexibility index (Phi) is 4.76. The molecule has 1 heterocycles. The highest BCUT2D eigenvalue weighted by atomic mass is 19.4. The molecule has 6 nitrogen and oxygen atoms in total. The number of nitrogens with zero attached hydrogens (tertiary/aromatic N) is 2. The van der Waals surface area contributed by atoms with Gasteiger partial charge in [-0.25, -0.2) is 10.5 Å². The first-order valence-corrected chi connectivity index (χ1v) is 6.95. The summed E-state index contributed by atoms with van der Waals surface area (Å²) in [4.78, 5) is 20.3. The zero-order valence-corrected chi connectivity index (χ0v) is 12.1. The number of alkyl halides is 3. The molecule has 1 aliphatic rings. The minimum atomic E-state index is -5.04. The van der Waals surface area contributed by atoms with Gasteiger partial charge in [0.15, 0.2) is 5.82 Å². The van der Waals surface area contributed by atoms with Gasteiger partial charge in [0.05, 0.1) is 12.5 Å². The zero-order chi connectivity index (χ0) is 16.4. The summed E-state index contributed by atoms with van der Waals surface area (Å²) < 4.78 is 40.7. The van der Waals surface area contributed by atoms with E-state index in [0.717, 1.165) is 36.4 Å². The van der Waals surface area contributed by atoms with Crippen LogP contribution in [-0.2, 0) is 22.3 Å². The van der Waals surface area contributed by atoms with Gasteiger partial charge < -0.3 is 9.67 Å². The molecule has 0 bridgehead atoms.